The molecule has 1 aromatic rings. The van der Waals surface area contributed by atoms with E-state index in [9.17, 15) is 0 Å². The summed E-state index contributed by atoms with van der Waals surface area (Å²) in [6.45, 7) is 14.5. The van der Waals surface area contributed by atoms with Crippen LogP contribution in [-0.4, -0.2) is 16.1 Å². The zero-order valence-electron chi connectivity index (χ0n) is 10.2. The van der Waals surface area contributed by atoms with Crippen LogP contribution in [0.3, 0.4) is 0 Å². The van der Waals surface area contributed by atoms with Gasteiger partial charge >= 0.3 is 0 Å². The van der Waals surface area contributed by atoms with Crippen LogP contribution >= 0.6 is 0 Å². The van der Waals surface area contributed by atoms with Crippen LogP contribution in [0, 0.1) is 6.07 Å². The van der Waals surface area contributed by atoms with Gasteiger partial charge in [0.25, 0.3) is 0 Å². The second kappa shape index (κ2) is 3.67. The molecule has 14 heavy (non-hydrogen) atoms. The molecule has 0 aliphatic carbocycles. The Morgan fingerprint density at radius 2 is 1.50 bits per heavy atom. The third-order valence-electron chi connectivity index (χ3n) is 2.41. The molecule has 2 heteroatoms. The molecule has 1 rings (SSSR count). The molecule has 0 aliphatic heterocycles. The van der Waals surface area contributed by atoms with Gasteiger partial charge in [0, 0.05) is 0 Å². The first-order chi connectivity index (χ1) is 6.23. The van der Waals surface area contributed by atoms with Crippen molar-refractivity contribution in [3.8, 4) is 0 Å². The Kier molecular flexibility index (Phi) is 3.07. The van der Waals surface area contributed by atoms with Gasteiger partial charge in [-0.05, 0) is 6.07 Å². The Bertz CT molecular complexity index is 283. The van der Waals surface area contributed by atoms with Crippen LogP contribution in [0.25, 0.3) is 0 Å². The van der Waals surface area contributed by atoms with Crippen LogP contribution in [0.5, 0.6) is 0 Å². The molecule has 0 heterocycles. The number of benzene rings is 1. The summed E-state index contributed by atoms with van der Waals surface area (Å²) in [5, 5.41) is 3.15. The lowest BCUT2D eigenvalue weighted by Crippen LogP contribution is -2.56. The summed E-state index contributed by atoms with van der Waals surface area (Å²) in [5.41, 5.74) is 0. The van der Waals surface area contributed by atoms with Gasteiger partial charge in [0.2, 0.25) is 0 Å². The standard InChI is InChI=1S/C12H21Si2/c1-13(2,3)11-9-7-8-10-12(11)14(4,5)6/h7-9H,1-6H3. The average molecular weight is 221 g/mol. The Labute approximate surface area is 90.4 Å². The Morgan fingerprint density at radius 3 is 1.86 bits per heavy atom. The van der Waals surface area contributed by atoms with Crippen LogP contribution in [0.2, 0.25) is 39.3 Å². The first-order valence-electron chi connectivity index (χ1n) is 5.24. The average Bonchev–Trinajstić information content (AvgIpc) is 2.01. The summed E-state index contributed by atoms with van der Waals surface area (Å²) in [6.07, 6.45) is 0. The van der Waals surface area contributed by atoms with Crippen molar-refractivity contribution in [2.24, 2.45) is 0 Å². The van der Waals surface area contributed by atoms with E-state index in [1.807, 2.05) is 0 Å². The van der Waals surface area contributed by atoms with Gasteiger partial charge in [0.1, 0.15) is 0 Å². The molecule has 0 saturated heterocycles. The summed E-state index contributed by atoms with van der Waals surface area (Å²) in [6, 6.07) is 10.00. The third kappa shape index (κ3) is 2.58. The molecule has 0 nitrogen and oxygen atoms in total. The van der Waals surface area contributed by atoms with E-state index in [0.29, 0.717) is 0 Å². The molecule has 0 aliphatic rings. The molecule has 0 N–H and O–H groups in total. The van der Waals surface area contributed by atoms with Gasteiger partial charge in [0.05, 0.1) is 16.1 Å². The Balaban J connectivity index is 3.31. The lowest BCUT2D eigenvalue weighted by molar-refractivity contribution is 1.65. The van der Waals surface area contributed by atoms with Crippen molar-refractivity contribution >= 4 is 26.5 Å². The SMILES string of the molecule is C[Si](C)(C)c1[c]cccc1[Si](C)(C)C. The minimum absolute atomic E-state index is 1.18. The molecule has 0 unspecified atom stereocenters. The fraction of sp³-hybridized carbons (Fsp3) is 0.500. The maximum absolute atomic E-state index is 3.48. The molecular formula is C12H21Si2. The normalized spacial score (nSPS) is 13.0. The molecule has 0 aromatic heterocycles. The molecule has 0 saturated carbocycles. The van der Waals surface area contributed by atoms with Crippen molar-refractivity contribution in [3.05, 3.63) is 24.3 Å². The Hall–Kier alpha value is -0.346. The summed E-state index contributed by atoms with van der Waals surface area (Å²) in [4.78, 5) is 0. The second-order valence-electron chi connectivity index (χ2n) is 5.96. The minimum Gasteiger partial charge on any atom is -0.0656 e. The molecule has 1 aromatic carbocycles. The van der Waals surface area contributed by atoms with Gasteiger partial charge in [0.15, 0.2) is 0 Å². The topological polar surface area (TPSA) is 0 Å². The highest BCUT2D eigenvalue weighted by atomic mass is 28.3. The van der Waals surface area contributed by atoms with E-state index >= 15 is 0 Å². The minimum atomic E-state index is -1.21. The highest BCUT2D eigenvalue weighted by Gasteiger charge is 2.26. The van der Waals surface area contributed by atoms with Gasteiger partial charge < -0.3 is 0 Å². The van der Waals surface area contributed by atoms with Crippen molar-refractivity contribution in [3.63, 3.8) is 0 Å². The van der Waals surface area contributed by atoms with Gasteiger partial charge in [-0.2, -0.15) is 0 Å². The van der Waals surface area contributed by atoms with Gasteiger partial charge in [-0.1, -0.05) is 67.9 Å². The van der Waals surface area contributed by atoms with E-state index in [0.717, 1.165) is 0 Å². The van der Waals surface area contributed by atoms with Crippen LogP contribution in [0.1, 0.15) is 0 Å². The maximum atomic E-state index is 3.48. The smallest absolute Gasteiger partial charge is 0.0656 e. The van der Waals surface area contributed by atoms with Crippen LogP contribution in [0.15, 0.2) is 18.2 Å². The van der Waals surface area contributed by atoms with Crippen LogP contribution in [0.4, 0.5) is 0 Å². The quantitative estimate of drug-likeness (QED) is 0.674. The van der Waals surface area contributed by atoms with Crippen molar-refractivity contribution in [1.82, 2.24) is 0 Å². The molecule has 0 fully saturated rings. The first kappa shape index (κ1) is 11.7. The van der Waals surface area contributed by atoms with E-state index in [1.165, 1.54) is 0 Å². The zero-order chi connectivity index (χ0) is 11.0. The molecule has 1 radical (unpaired) electrons. The number of hydrogen-bond donors (Lipinski definition) is 0. The predicted molar refractivity (Wildman–Crippen MR) is 71.2 cm³/mol. The number of hydrogen-bond acceptors (Lipinski definition) is 0. The first-order valence-corrected chi connectivity index (χ1v) is 12.2. The Morgan fingerprint density at radius 1 is 0.929 bits per heavy atom. The van der Waals surface area contributed by atoms with E-state index in [4.69, 9.17) is 0 Å². The summed E-state index contributed by atoms with van der Waals surface area (Å²) in [5.74, 6) is 0. The molecule has 0 spiro atoms. The molecular weight excluding hydrogens is 200 g/mol. The summed E-state index contributed by atoms with van der Waals surface area (Å²) in [7, 11) is -2.39. The summed E-state index contributed by atoms with van der Waals surface area (Å²) >= 11 is 0. The van der Waals surface area contributed by atoms with Crippen LogP contribution < -0.4 is 10.4 Å². The van der Waals surface area contributed by atoms with Crippen molar-refractivity contribution in [2.45, 2.75) is 39.3 Å². The largest absolute Gasteiger partial charge is 0.0782 e. The van der Waals surface area contributed by atoms with Crippen molar-refractivity contribution in [2.75, 3.05) is 0 Å². The lowest BCUT2D eigenvalue weighted by atomic mass is 10.4. The molecule has 0 bridgehead atoms. The molecule has 0 amide bonds. The maximum Gasteiger partial charge on any atom is 0.0782 e. The predicted octanol–water partition coefficient (Wildman–Crippen LogP) is 2.58. The van der Waals surface area contributed by atoms with Crippen molar-refractivity contribution < 1.29 is 0 Å². The van der Waals surface area contributed by atoms with E-state index < -0.39 is 16.1 Å². The number of rotatable bonds is 2. The van der Waals surface area contributed by atoms with E-state index in [2.05, 4.69) is 63.5 Å². The lowest BCUT2D eigenvalue weighted by Gasteiger charge is -2.27. The highest BCUT2D eigenvalue weighted by Crippen LogP contribution is 2.06. The third-order valence-corrected chi connectivity index (χ3v) is 6.61. The second-order valence-corrected chi connectivity index (χ2v) is 16.0. The monoisotopic (exact) mass is 221 g/mol. The fourth-order valence-electron chi connectivity index (χ4n) is 1.68. The highest BCUT2D eigenvalue weighted by molar-refractivity contribution is 6.98. The van der Waals surface area contributed by atoms with E-state index in [-0.39, 0.29) is 0 Å². The van der Waals surface area contributed by atoms with Gasteiger partial charge in [-0.25, -0.2) is 0 Å². The van der Waals surface area contributed by atoms with E-state index in [1.54, 1.807) is 10.4 Å². The summed E-state index contributed by atoms with van der Waals surface area (Å²) < 4.78 is 0. The van der Waals surface area contributed by atoms with Crippen molar-refractivity contribution in [1.29, 1.82) is 0 Å². The van der Waals surface area contributed by atoms with Gasteiger partial charge in [-0.15, -0.1) is 0 Å². The molecule has 77 valence electrons. The van der Waals surface area contributed by atoms with Gasteiger partial charge in [-0.3, -0.25) is 0 Å². The fourth-order valence-corrected chi connectivity index (χ4v) is 6.76. The van der Waals surface area contributed by atoms with Crippen LogP contribution in [-0.2, 0) is 0 Å². The zero-order valence-corrected chi connectivity index (χ0v) is 12.2. The molecule has 0 atom stereocenters.